The van der Waals surface area contributed by atoms with Crippen molar-refractivity contribution in [2.75, 3.05) is 13.7 Å². The van der Waals surface area contributed by atoms with Gasteiger partial charge in [0, 0.05) is 14.0 Å². The van der Waals surface area contributed by atoms with Gasteiger partial charge in [-0.2, -0.15) is 5.06 Å². The molecular weight excluding hydrogens is 316 g/mol. The number of rotatable bonds is 6. The van der Waals surface area contributed by atoms with Crippen LogP contribution in [0.1, 0.15) is 12.5 Å². The number of carbonyl (C=O) groups excluding carboxylic acids is 1. The van der Waals surface area contributed by atoms with Gasteiger partial charge in [-0.05, 0) is 5.56 Å². The lowest BCUT2D eigenvalue weighted by atomic mass is 9.96. The molecule has 24 heavy (non-hydrogen) atoms. The van der Waals surface area contributed by atoms with Crippen LogP contribution in [0, 0.1) is 0 Å². The van der Waals surface area contributed by atoms with Gasteiger partial charge in [0.1, 0.15) is 18.3 Å². The summed E-state index contributed by atoms with van der Waals surface area (Å²) in [5.74, 6) is -0.376. The molecule has 1 saturated heterocycles. The molecule has 1 aliphatic rings. The van der Waals surface area contributed by atoms with Crippen LogP contribution in [0.5, 0.6) is 0 Å². The van der Waals surface area contributed by atoms with Crippen LogP contribution in [0.25, 0.3) is 0 Å². The largest absolute Gasteiger partial charge is 0.394 e. The molecule has 1 aliphatic heterocycles. The van der Waals surface area contributed by atoms with Crippen LogP contribution in [0.3, 0.4) is 0 Å². The van der Waals surface area contributed by atoms with Gasteiger partial charge in [-0.1, -0.05) is 30.3 Å². The Morgan fingerprint density at radius 3 is 2.54 bits per heavy atom. The molecule has 0 aromatic heterocycles. The first-order chi connectivity index (χ1) is 11.4. The Kier molecular flexibility index (Phi) is 6.67. The molecule has 0 spiro atoms. The molecular formula is C16H24N2O6. The van der Waals surface area contributed by atoms with Gasteiger partial charge >= 0.3 is 0 Å². The molecule has 0 radical (unpaired) electrons. The maximum atomic E-state index is 11.4. The van der Waals surface area contributed by atoms with Gasteiger partial charge < -0.3 is 25.4 Å². The van der Waals surface area contributed by atoms with Crippen LogP contribution >= 0.6 is 0 Å². The van der Waals surface area contributed by atoms with E-state index in [1.165, 1.54) is 12.0 Å². The van der Waals surface area contributed by atoms with E-state index in [9.17, 15) is 20.1 Å². The monoisotopic (exact) mass is 340 g/mol. The topological polar surface area (TPSA) is 111 Å². The third-order valence-corrected chi connectivity index (χ3v) is 3.91. The number of hydrogen-bond donors (Lipinski definition) is 4. The molecule has 1 heterocycles. The molecule has 4 N–H and O–H groups in total. The summed E-state index contributed by atoms with van der Waals surface area (Å²) < 4.78 is 5.61. The minimum Gasteiger partial charge on any atom is -0.394 e. The SMILES string of the molecule is CC(=O)N[C@@H]1[C@@H](O)[C@H](O)[C@@H](CO)O[C@H]1N(C)OCc1ccccc1. The van der Waals surface area contributed by atoms with E-state index >= 15 is 0 Å². The Balaban J connectivity index is 2.08. The summed E-state index contributed by atoms with van der Waals surface area (Å²) in [4.78, 5) is 17.0. The van der Waals surface area contributed by atoms with Crippen molar-refractivity contribution in [2.45, 2.75) is 44.1 Å². The maximum absolute atomic E-state index is 11.4. The summed E-state index contributed by atoms with van der Waals surface area (Å²) in [6.45, 7) is 1.11. The van der Waals surface area contributed by atoms with E-state index in [4.69, 9.17) is 9.57 Å². The minimum absolute atomic E-state index is 0.270. The number of nitrogens with one attached hydrogen (secondary N) is 1. The minimum atomic E-state index is -1.31. The smallest absolute Gasteiger partial charge is 0.217 e. The zero-order chi connectivity index (χ0) is 17.7. The summed E-state index contributed by atoms with van der Waals surface area (Å²) in [6, 6.07) is 8.57. The summed E-state index contributed by atoms with van der Waals surface area (Å²) in [5.41, 5.74) is 0.940. The zero-order valence-corrected chi connectivity index (χ0v) is 13.7. The number of aliphatic hydroxyl groups excluding tert-OH is 3. The average molecular weight is 340 g/mol. The van der Waals surface area contributed by atoms with Crippen molar-refractivity contribution in [2.24, 2.45) is 0 Å². The predicted octanol–water partition coefficient (Wildman–Crippen LogP) is -1.01. The highest BCUT2D eigenvalue weighted by atomic mass is 16.7. The van der Waals surface area contributed by atoms with Crippen molar-refractivity contribution >= 4 is 5.91 Å². The van der Waals surface area contributed by atoms with Gasteiger partial charge in [-0.3, -0.25) is 9.63 Å². The highest BCUT2D eigenvalue weighted by Gasteiger charge is 2.46. The number of aliphatic hydroxyl groups is 3. The second kappa shape index (κ2) is 8.52. The molecule has 8 nitrogen and oxygen atoms in total. The number of hydroxylamine groups is 2. The molecule has 0 saturated carbocycles. The quantitative estimate of drug-likeness (QED) is 0.491. The van der Waals surface area contributed by atoms with Gasteiger partial charge in [0.15, 0.2) is 6.23 Å². The molecule has 1 amide bonds. The molecule has 134 valence electrons. The van der Waals surface area contributed by atoms with Crippen LogP contribution in [-0.2, 0) is 21.0 Å². The number of hydrogen-bond acceptors (Lipinski definition) is 7. The van der Waals surface area contributed by atoms with Crippen LogP contribution < -0.4 is 5.32 Å². The second-order valence-corrected chi connectivity index (χ2v) is 5.76. The third-order valence-electron chi connectivity index (χ3n) is 3.91. The molecule has 1 aromatic carbocycles. The van der Waals surface area contributed by atoms with Gasteiger partial charge in [0.05, 0.1) is 19.3 Å². The number of likely N-dealkylation sites (N-methyl/N-ethyl adjacent to an activating group) is 1. The number of benzene rings is 1. The highest BCUT2D eigenvalue weighted by Crippen LogP contribution is 2.23. The fourth-order valence-corrected chi connectivity index (χ4v) is 2.62. The standard InChI is InChI=1S/C16H24N2O6/c1-10(20)17-13-15(22)14(21)12(8-19)24-16(13)18(2)23-9-11-6-4-3-5-7-11/h3-7,12-16,19,21-22H,8-9H2,1-2H3,(H,17,20)/t12-,13-,14-,15-,16-/m1/s1. The maximum Gasteiger partial charge on any atom is 0.217 e. The van der Waals surface area contributed by atoms with E-state index in [0.29, 0.717) is 0 Å². The highest BCUT2D eigenvalue weighted by molar-refractivity contribution is 5.73. The number of carbonyl (C=O) groups is 1. The predicted molar refractivity (Wildman–Crippen MR) is 84.4 cm³/mol. The molecule has 2 rings (SSSR count). The number of nitrogens with zero attached hydrogens (tertiary/aromatic N) is 1. The zero-order valence-electron chi connectivity index (χ0n) is 13.7. The van der Waals surface area contributed by atoms with Crippen molar-refractivity contribution < 1.29 is 29.7 Å². The number of ether oxygens (including phenoxy) is 1. The van der Waals surface area contributed by atoms with Gasteiger partial charge in [0.25, 0.3) is 0 Å². The first-order valence-corrected chi connectivity index (χ1v) is 7.73. The molecule has 5 atom stereocenters. The molecule has 1 aromatic rings. The van der Waals surface area contributed by atoms with E-state index in [-0.39, 0.29) is 12.5 Å². The first kappa shape index (κ1) is 18.8. The normalized spacial score (nSPS) is 30.3. The Morgan fingerprint density at radius 1 is 1.29 bits per heavy atom. The Bertz CT molecular complexity index is 529. The van der Waals surface area contributed by atoms with E-state index < -0.39 is 37.2 Å². The third kappa shape index (κ3) is 4.50. The summed E-state index contributed by atoms with van der Waals surface area (Å²) >= 11 is 0. The van der Waals surface area contributed by atoms with Crippen molar-refractivity contribution in [3.63, 3.8) is 0 Å². The van der Waals surface area contributed by atoms with Crippen LogP contribution in [0.2, 0.25) is 0 Å². The van der Waals surface area contributed by atoms with E-state index in [1.54, 1.807) is 7.05 Å². The van der Waals surface area contributed by atoms with E-state index in [0.717, 1.165) is 5.56 Å². The lowest BCUT2D eigenvalue weighted by Crippen LogP contribution is -2.67. The van der Waals surface area contributed by atoms with Gasteiger partial charge in [-0.25, -0.2) is 0 Å². The van der Waals surface area contributed by atoms with Crippen molar-refractivity contribution in [1.82, 2.24) is 10.4 Å². The number of amides is 1. The van der Waals surface area contributed by atoms with Gasteiger partial charge in [-0.15, -0.1) is 0 Å². The van der Waals surface area contributed by atoms with Crippen molar-refractivity contribution in [1.29, 1.82) is 0 Å². The first-order valence-electron chi connectivity index (χ1n) is 7.73. The van der Waals surface area contributed by atoms with Crippen molar-refractivity contribution in [3.8, 4) is 0 Å². The molecule has 0 bridgehead atoms. The van der Waals surface area contributed by atoms with Gasteiger partial charge in [0.2, 0.25) is 5.91 Å². The summed E-state index contributed by atoms with van der Waals surface area (Å²) in [6.07, 6.45) is -4.45. The van der Waals surface area contributed by atoms with E-state index in [1.807, 2.05) is 30.3 Å². The fourth-order valence-electron chi connectivity index (χ4n) is 2.62. The van der Waals surface area contributed by atoms with E-state index in [2.05, 4.69) is 5.32 Å². The summed E-state index contributed by atoms with van der Waals surface area (Å²) in [7, 11) is 1.60. The van der Waals surface area contributed by atoms with Crippen molar-refractivity contribution in [3.05, 3.63) is 35.9 Å². The summed E-state index contributed by atoms with van der Waals surface area (Å²) in [5, 5.41) is 33.5. The lowest BCUT2D eigenvalue weighted by Gasteiger charge is -2.45. The Morgan fingerprint density at radius 2 is 1.96 bits per heavy atom. The lowest BCUT2D eigenvalue weighted by molar-refractivity contribution is -0.307. The Hall–Kier alpha value is -1.55. The Labute approximate surface area is 140 Å². The molecule has 0 unspecified atom stereocenters. The van der Waals surface area contributed by atoms with Crippen LogP contribution in [-0.4, -0.2) is 70.5 Å². The second-order valence-electron chi connectivity index (χ2n) is 5.76. The molecule has 0 aliphatic carbocycles. The average Bonchev–Trinajstić information content (AvgIpc) is 2.58. The molecule has 8 heteroatoms. The van der Waals surface area contributed by atoms with Crippen LogP contribution in [0.15, 0.2) is 30.3 Å². The molecule has 1 fully saturated rings. The fraction of sp³-hybridized carbons (Fsp3) is 0.562. The van der Waals surface area contributed by atoms with Crippen LogP contribution in [0.4, 0.5) is 0 Å².